The fraction of sp³-hybridized carbons (Fsp3) is 0.467. The van der Waals surface area contributed by atoms with Crippen LogP contribution in [-0.2, 0) is 4.79 Å². The lowest BCUT2D eigenvalue weighted by molar-refractivity contribution is -0.227. The average molecular weight is 382 g/mol. The summed E-state index contributed by atoms with van der Waals surface area (Å²) in [6, 6.07) is 4.63. The molecule has 1 saturated heterocycles. The maximum Gasteiger partial charge on any atom is 0.406 e. The summed E-state index contributed by atoms with van der Waals surface area (Å²) in [6.07, 6.45) is -5.59. The van der Waals surface area contributed by atoms with Crippen LogP contribution in [0.4, 0.5) is 13.2 Å². The highest BCUT2D eigenvalue weighted by atomic mass is 35.5. The van der Waals surface area contributed by atoms with Crippen LogP contribution < -0.4 is 0 Å². The standard InChI is InChI=1S/C15H15ClF3NO3S/c1-2-24-11-4-3-9(16)7-10(11)12(21)20-6-5-14(8-20,13(22)23)15(17,18)19/h3-4,7H,2,5-6,8H2,1H3,(H,22,23). The Kier molecular flexibility index (Phi) is 5.39. The van der Waals surface area contributed by atoms with Gasteiger partial charge in [0.05, 0.1) is 5.56 Å². The second-order valence-corrected chi connectivity index (χ2v) is 7.18. The van der Waals surface area contributed by atoms with Gasteiger partial charge in [0.25, 0.3) is 5.91 Å². The third kappa shape index (κ3) is 3.35. The molecule has 1 N–H and O–H groups in total. The van der Waals surface area contributed by atoms with Crippen LogP contribution in [0.25, 0.3) is 0 Å². The maximum atomic E-state index is 13.2. The Bertz CT molecular complexity index is 668. The van der Waals surface area contributed by atoms with E-state index in [9.17, 15) is 22.8 Å². The Morgan fingerprint density at radius 3 is 2.58 bits per heavy atom. The van der Waals surface area contributed by atoms with Gasteiger partial charge >= 0.3 is 12.1 Å². The van der Waals surface area contributed by atoms with Crippen LogP contribution in [0.15, 0.2) is 23.1 Å². The molecule has 1 aromatic carbocycles. The number of aliphatic carboxylic acids is 1. The number of amides is 1. The lowest BCUT2D eigenvalue weighted by atomic mass is 9.86. The fourth-order valence-electron chi connectivity index (χ4n) is 2.63. The number of alkyl halides is 3. The van der Waals surface area contributed by atoms with Crippen molar-refractivity contribution >= 4 is 35.2 Å². The van der Waals surface area contributed by atoms with Gasteiger partial charge in [0, 0.05) is 23.0 Å². The van der Waals surface area contributed by atoms with E-state index in [2.05, 4.69) is 0 Å². The summed E-state index contributed by atoms with van der Waals surface area (Å²) < 4.78 is 39.7. The van der Waals surface area contributed by atoms with E-state index in [1.54, 1.807) is 12.1 Å². The minimum Gasteiger partial charge on any atom is -0.481 e. The largest absolute Gasteiger partial charge is 0.481 e. The topological polar surface area (TPSA) is 57.6 Å². The summed E-state index contributed by atoms with van der Waals surface area (Å²) in [5, 5.41) is 9.36. The molecule has 2 rings (SSSR count). The quantitative estimate of drug-likeness (QED) is 0.803. The summed E-state index contributed by atoms with van der Waals surface area (Å²) >= 11 is 7.26. The number of likely N-dealkylation sites (tertiary alicyclic amines) is 1. The van der Waals surface area contributed by atoms with Crippen LogP contribution in [0.5, 0.6) is 0 Å². The molecule has 1 fully saturated rings. The first-order chi connectivity index (χ1) is 11.1. The highest BCUT2D eigenvalue weighted by molar-refractivity contribution is 7.99. The van der Waals surface area contributed by atoms with Crippen LogP contribution in [-0.4, -0.2) is 46.9 Å². The van der Waals surface area contributed by atoms with Crippen molar-refractivity contribution in [2.75, 3.05) is 18.8 Å². The average Bonchev–Trinajstić information content (AvgIpc) is 2.95. The van der Waals surface area contributed by atoms with E-state index in [1.165, 1.54) is 17.8 Å². The van der Waals surface area contributed by atoms with Crippen molar-refractivity contribution in [3.63, 3.8) is 0 Å². The molecule has 1 amide bonds. The maximum absolute atomic E-state index is 13.2. The number of thioether (sulfide) groups is 1. The van der Waals surface area contributed by atoms with Crippen molar-refractivity contribution < 1.29 is 27.9 Å². The van der Waals surface area contributed by atoms with Crippen molar-refractivity contribution in [3.8, 4) is 0 Å². The molecule has 0 radical (unpaired) electrons. The van der Waals surface area contributed by atoms with Gasteiger partial charge in [-0.3, -0.25) is 9.59 Å². The Labute approximate surface area is 146 Å². The van der Waals surface area contributed by atoms with Crippen molar-refractivity contribution in [2.45, 2.75) is 24.4 Å². The molecule has 1 atom stereocenters. The third-order valence-corrected chi connectivity index (χ3v) is 5.17. The molecule has 1 heterocycles. The SMILES string of the molecule is CCSc1ccc(Cl)cc1C(=O)N1CCC(C(=O)O)(C(F)(F)F)C1. The Morgan fingerprint density at radius 2 is 2.08 bits per heavy atom. The minimum absolute atomic E-state index is 0.192. The van der Waals surface area contributed by atoms with Crippen LogP contribution in [0, 0.1) is 5.41 Å². The Morgan fingerprint density at radius 1 is 1.42 bits per heavy atom. The number of carbonyl (C=O) groups excluding carboxylic acids is 1. The van der Waals surface area contributed by atoms with E-state index in [-0.39, 0.29) is 12.1 Å². The molecule has 9 heteroatoms. The molecule has 0 spiro atoms. The lowest BCUT2D eigenvalue weighted by Crippen LogP contribution is -2.47. The first kappa shape index (κ1) is 18.9. The van der Waals surface area contributed by atoms with Gasteiger partial charge in [-0.15, -0.1) is 11.8 Å². The number of halogens is 4. The zero-order chi connectivity index (χ0) is 18.1. The Balaban J connectivity index is 2.33. The molecule has 1 aliphatic rings. The molecule has 1 unspecified atom stereocenters. The molecule has 0 aliphatic carbocycles. The van der Waals surface area contributed by atoms with Gasteiger partial charge in [0.1, 0.15) is 0 Å². The van der Waals surface area contributed by atoms with Gasteiger partial charge in [0.2, 0.25) is 0 Å². The van der Waals surface area contributed by atoms with Crippen LogP contribution in [0.3, 0.4) is 0 Å². The normalized spacial score (nSPS) is 21.1. The lowest BCUT2D eigenvalue weighted by Gasteiger charge is -2.27. The summed E-state index contributed by atoms with van der Waals surface area (Å²) in [5.41, 5.74) is -2.73. The molecule has 0 bridgehead atoms. The second kappa shape index (κ2) is 6.84. The van der Waals surface area contributed by atoms with Crippen LogP contribution >= 0.6 is 23.4 Å². The predicted molar refractivity (Wildman–Crippen MR) is 84.5 cm³/mol. The monoisotopic (exact) mass is 381 g/mol. The summed E-state index contributed by atoms with van der Waals surface area (Å²) in [4.78, 5) is 25.4. The first-order valence-corrected chi connectivity index (χ1v) is 8.50. The minimum atomic E-state index is -4.93. The molecule has 0 saturated carbocycles. The van der Waals surface area contributed by atoms with E-state index < -0.39 is 36.4 Å². The van der Waals surface area contributed by atoms with Gasteiger partial charge < -0.3 is 10.0 Å². The first-order valence-electron chi connectivity index (χ1n) is 7.14. The number of benzene rings is 1. The molecule has 1 aromatic rings. The van der Waals surface area contributed by atoms with Crippen molar-refractivity contribution in [3.05, 3.63) is 28.8 Å². The van der Waals surface area contributed by atoms with Crippen LogP contribution in [0.2, 0.25) is 5.02 Å². The van der Waals surface area contributed by atoms with E-state index in [1.807, 2.05) is 6.92 Å². The summed E-state index contributed by atoms with van der Waals surface area (Å²) in [6.45, 7) is 0.712. The number of nitrogens with zero attached hydrogens (tertiary/aromatic N) is 1. The van der Waals surface area contributed by atoms with E-state index in [0.29, 0.717) is 15.7 Å². The molecule has 4 nitrogen and oxygen atoms in total. The molecule has 24 heavy (non-hydrogen) atoms. The molecular formula is C15H15ClF3NO3S. The van der Waals surface area contributed by atoms with Gasteiger partial charge in [-0.05, 0) is 30.4 Å². The number of carboxylic acids is 1. The van der Waals surface area contributed by atoms with Crippen molar-refractivity contribution in [1.82, 2.24) is 4.90 Å². The van der Waals surface area contributed by atoms with E-state index in [0.717, 1.165) is 4.90 Å². The fourth-order valence-corrected chi connectivity index (χ4v) is 3.58. The van der Waals surface area contributed by atoms with Gasteiger partial charge in [-0.1, -0.05) is 18.5 Å². The van der Waals surface area contributed by atoms with Crippen LogP contribution in [0.1, 0.15) is 23.7 Å². The number of rotatable bonds is 4. The van der Waals surface area contributed by atoms with Gasteiger partial charge in [0.15, 0.2) is 5.41 Å². The Hall–Kier alpha value is -1.41. The molecule has 132 valence electrons. The van der Waals surface area contributed by atoms with Crippen molar-refractivity contribution in [2.24, 2.45) is 5.41 Å². The van der Waals surface area contributed by atoms with Gasteiger partial charge in [-0.25, -0.2) is 0 Å². The van der Waals surface area contributed by atoms with E-state index >= 15 is 0 Å². The number of hydrogen-bond donors (Lipinski definition) is 1. The molecule has 0 aromatic heterocycles. The highest BCUT2D eigenvalue weighted by Crippen LogP contribution is 2.46. The zero-order valence-corrected chi connectivity index (χ0v) is 14.3. The van der Waals surface area contributed by atoms with Gasteiger partial charge in [-0.2, -0.15) is 13.2 Å². The predicted octanol–water partition coefficient (Wildman–Crippen LogP) is 3.93. The van der Waals surface area contributed by atoms with Crippen molar-refractivity contribution in [1.29, 1.82) is 0 Å². The summed E-state index contributed by atoms with van der Waals surface area (Å²) in [7, 11) is 0. The summed E-state index contributed by atoms with van der Waals surface area (Å²) in [5.74, 6) is -1.93. The number of carboxylic acid groups (broad SMARTS) is 1. The van der Waals surface area contributed by atoms with E-state index in [4.69, 9.17) is 16.7 Å². The molecule has 1 aliphatic heterocycles. The molecular weight excluding hydrogens is 367 g/mol. The number of hydrogen-bond acceptors (Lipinski definition) is 3. The highest BCUT2D eigenvalue weighted by Gasteiger charge is 2.64. The zero-order valence-electron chi connectivity index (χ0n) is 12.7. The second-order valence-electron chi connectivity index (χ2n) is 5.44. The number of carbonyl (C=O) groups is 2. The third-order valence-electron chi connectivity index (χ3n) is 3.98. The smallest absolute Gasteiger partial charge is 0.406 e.